The summed E-state index contributed by atoms with van der Waals surface area (Å²) >= 11 is 0. The fourth-order valence-corrected chi connectivity index (χ4v) is 7.84. The Hall–Kier alpha value is -5.29. The number of anilines is 2. The number of amides is 2. The first-order valence-corrected chi connectivity index (χ1v) is 17.5. The molecule has 1 unspecified atom stereocenters. The predicted octanol–water partition coefficient (Wildman–Crippen LogP) is 6.00. The first-order chi connectivity index (χ1) is 24.4. The van der Waals surface area contributed by atoms with Gasteiger partial charge in [-0.1, -0.05) is 24.3 Å². The van der Waals surface area contributed by atoms with Gasteiger partial charge in [-0.25, -0.2) is 4.39 Å². The summed E-state index contributed by atoms with van der Waals surface area (Å²) in [6, 6.07) is 25.0. The van der Waals surface area contributed by atoms with Crippen molar-refractivity contribution in [2.45, 2.75) is 56.5 Å². The summed E-state index contributed by atoms with van der Waals surface area (Å²) < 4.78 is 17.3. The summed E-state index contributed by atoms with van der Waals surface area (Å²) in [7, 11) is 0. The second-order valence-electron chi connectivity index (χ2n) is 13.6. The number of hydrogen-bond acceptors (Lipinski definition) is 8. The van der Waals surface area contributed by atoms with Gasteiger partial charge < -0.3 is 24.8 Å². The van der Waals surface area contributed by atoms with E-state index in [9.17, 15) is 14.7 Å². The van der Waals surface area contributed by atoms with Crippen LogP contribution in [0.4, 0.5) is 15.8 Å². The number of para-hydroxylation sites is 1. The first-order valence-electron chi connectivity index (χ1n) is 17.5. The average molecular weight is 674 g/mol. The van der Waals surface area contributed by atoms with Gasteiger partial charge in [-0.05, 0) is 111 Å². The van der Waals surface area contributed by atoms with Crippen molar-refractivity contribution in [3.8, 4) is 22.7 Å². The van der Waals surface area contributed by atoms with Crippen LogP contribution in [-0.4, -0.2) is 74.8 Å². The molecule has 0 aliphatic carbocycles. The van der Waals surface area contributed by atoms with E-state index in [0.717, 1.165) is 68.6 Å². The van der Waals surface area contributed by atoms with Crippen LogP contribution in [0.5, 0.6) is 5.75 Å². The van der Waals surface area contributed by atoms with E-state index in [4.69, 9.17) is 0 Å². The number of piperidine rings is 3. The molecule has 256 valence electrons. The molecule has 3 saturated heterocycles. The zero-order chi connectivity index (χ0) is 34.2. The molecule has 3 aromatic carbocycles. The molecule has 3 aliphatic heterocycles. The number of aromatic hydroxyl groups is 1. The van der Waals surface area contributed by atoms with Gasteiger partial charge in [0.05, 0.1) is 16.9 Å². The lowest BCUT2D eigenvalue weighted by Gasteiger charge is -2.42. The van der Waals surface area contributed by atoms with Crippen molar-refractivity contribution in [3.63, 3.8) is 0 Å². The number of likely N-dealkylation sites (tertiary alicyclic amines) is 1. The third kappa shape index (κ3) is 6.40. The molecule has 0 saturated carbocycles. The van der Waals surface area contributed by atoms with Gasteiger partial charge in [0, 0.05) is 48.7 Å². The van der Waals surface area contributed by atoms with Gasteiger partial charge in [0.2, 0.25) is 11.8 Å². The van der Waals surface area contributed by atoms with Crippen LogP contribution >= 0.6 is 0 Å². The second-order valence-corrected chi connectivity index (χ2v) is 13.6. The van der Waals surface area contributed by atoms with Crippen molar-refractivity contribution in [3.05, 3.63) is 96.4 Å². The fraction of sp³-hybridized carbons (Fsp3) is 0.333. The minimum Gasteiger partial charge on any atom is -0.507 e. The molecular weight excluding hydrogens is 633 g/mol. The van der Waals surface area contributed by atoms with Gasteiger partial charge in [0.25, 0.3) is 0 Å². The Bertz CT molecular complexity index is 2030. The molecule has 1 atom stereocenters. The van der Waals surface area contributed by atoms with Gasteiger partial charge in [-0.3, -0.25) is 14.9 Å². The van der Waals surface area contributed by atoms with Crippen LogP contribution < -0.4 is 15.5 Å². The summed E-state index contributed by atoms with van der Waals surface area (Å²) in [6.07, 6.45) is 6.91. The maximum absolute atomic E-state index is 15.2. The highest BCUT2D eigenvalue weighted by Gasteiger charge is 2.30. The van der Waals surface area contributed by atoms with Gasteiger partial charge in [0.1, 0.15) is 23.1 Å². The molecule has 5 heterocycles. The van der Waals surface area contributed by atoms with E-state index in [1.54, 1.807) is 18.2 Å². The Balaban J connectivity index is 0.849. The third-order valence-electron chi connectivity index (χ3n) is 10.6. The highest BCUT2D eigenvalue weighted by Crippen LogP contribution is 2.34. The van der Waals surface area contributed by atoms with Crippen LogP contribution in [0.3, 0.4) is 0 Å². The van der Waals surface area contributed by atoms with Crippen LogP contribution in [0.1, 0.15) is 50.0 Å². The molecule has 11 heteroatoms. The number of fused-ring (bicyclic) bond motifs is 1. The van der Waals surface area contributed by atoms with Crippen molar-refractivity contribution in [2.24, 2.45) is 0 Å². The number of rotatable bonds is 7. The van der Waals surface area contributed by atoms with Crippen molar-refractivity contribution < 1.29 is 19.1 Å². The molecule has 2 amide bonds. The van der Waals surface area contributed by atoms with E-state index < -0.39 is 6.04 Å². The van der Waals surface area contributed by atoms with E-state index >= 15 is 4.39 Å². The topological polar surface area (TPSA) is 116 Å². The number of imide groups is 1. The number of aromatic nitrogens is 3. The number of carbonyl (C=O) groups is 2. The minimum absolute atomic E-state index is 0.181. The summed E-state index contributed by atoms with van der Waals surface area (Å²) in [5.74, 6) is -0.241. The van der Waals surface area contributed by atoms with Crippen molar-refractivity contribution >= 4 is 34.2 Å². The summed E-state index contributed by atoms with van der Waals surface area (Å²) in [6.45, 7) is 3.72. The number of carbonyl (C=O) groups excluding carboxylic acids is 2. The molecular formula is C39H40FN7O3. The molecule has 10 nitrogen and oxygen atoms in total. The largest absolute Gasteiger partial charge is 0.507 e. The Labute approximate surface area is 289 Å². The number of nitrogens with zero attached hydrogens (tertiary/aromatic N) is 5. The molecule has 8 rings (SSSR count). The second kappa shape index (κ2) is 13.5. The van der Waals surface area contributed by atoms with E-state index in [2.05, 4.69) is 59.5 Å². The predicted molar refractivity (Wildman–Crippen MR) is 191 cm³/mol. The highest BCUT2D eigenvalue weighted by atomic mass is 19.1. The molecule has 0 bridgehead atoms. The number of phenolic OH excluding ortho intramolecular Hbond substituents is 1. The van der Waals surface area contributed by atoms with Crippen LogP contribution in [0.25, 0.3) is 28.0 Å². The molecule has 3 N–H and O–H groups in total. The van der Waals surface area contributed by atoms with Gasteiger partial charge >= 0.3 is 0 Å². The summed E-state index contributed by atoms with van der Waals surface area (Å²) in [4.78, 5) is 28.3. The van der Waals surface area contributed by atoms with E-state index in [1.807, 2.05) is 36.5 Å². The number of phenols is 1. The Morgan fingerprint density at radius 2 is 1.62 bits per heavy atom. The number of halogens is 1. The molecule has 50 heavy (non-hydrogen) atoms. The van der Waals surface area contributed by atoms with Crippen molar-refractivity contribution in [1.82, 2.24) is 25.0 Å². The van der Waals surface area contributed by atoms with Crippen molar-refractivity contribution in [2.75, 3.05) is 36.4 Å². The molecule has 3 fully saturated rings. The average Bonchev–Trinajstić information content (AvgIpc) is 3.57. The van der Waals surface area contributed by atoms with Crippen LogP contribution in [-0.2, 0) is 9.59 Å². The SMILES string of the molecule is O=C1CCC(Nc2ccc(N3CCC(N4CCC(c5ccc(-n6ccc7nnc(-c8ccccc8O)cc76)cc5)CC4)CC3)c(F)c2)C(=O)N1. The smallest absolute Gasteiger partial charge is 0.249 e. The number of hydrogen-bond donors (Lipinski definition) is 3. The normalized spacial score (nSPS) is 19.5. The molecule has 3 aliphatic rings. The van der Waals surface area contributed by atoms with Crippen LogP contribution in [0.2, 0.25) is 0 Å². The van der Waals surface area contributed by atoms with E-state index in [1.165, 1.54) is 11.6 Å². The van der Waals surface area contributed by atoms with Gasteiger partial charge in [-0.2, -0.15) is 0 Å². The fourth-order valence-electron chi connectivity index (χ4n) is 7.84. The van der Waals surface area contributed by atoms with Crippen LogP contribution in [0, 0.1) is 5.82 Å². The van der Waals surface area contributed by atoms with Crippen LogP contribution in [0.15, 0.2) is 85.1 Å². The lowest BCUT2D eigenvalue weighted by atomic mass is 9.88. The van der Waals surface area contributed by atoms with Gasteiger partial charge in [0.15, 0.2) is 0 Å². The lowest BCUT2D eigenvalue weighted by Crippen LogP contribution is -2.48. The number of benzene rings is 3. The molecule has 2 aromatic heterocycles. The summed E-state index contributed by atoms with van der Waals surface area (Å²) in [5.41, 5.74) is 6.58. The molecule has 5 aromatic rings. The monoisotopic (exact) mass is 673 g/mol. The standard InChI is InChI=1S/C39H40FN7O3/c40-31-23-27(41-33-10-12-38(49)42-39(33)50)7-11-35(31)46-20-15-28(16-21-46)45-18-13-26(14-19-45)25-5-8-29(9-6-25)47-22-17-32-36(47)24-34(44-43-32)30-3-1-2-4-37(30)48/h1-9,11,17,22-24,26,28,33,41,48H,10,12-16,18-21H2,(H,42,49,50). The Kier molecular flexibility index (Phi) is 8.66. The quantitative estimate of drug-likeness (QED) is 0.180. The molecule has 0 radical (unpaired) electrons. The third-order valence-corrected chi connectivity index (χ3v) is 10.6. The maximum Gasteiger partial charge on any atom is 0.249 e. The van der Waals surface area contributed by atoms with Crippen molar-refractivity contribution in [1.29, 1.82) is 0 Å². The molecule has 0 spiro atoms. The zero-order valence-corrected chi connectivity index (χ0v) is 27.8. The minimum atomic E-state index is -0.537. The van der Waals surface area contributed by atoms with Gasteiger partial charge in [-0.15, -0.1) is 10.2 Å². The maximum atomic E-state index is 15.2. The lowest BCUT2D eigenvalue weighted by molar-refractivity contribution is -0.133. The Morgan fingerprint density at radius 3 is 2.36 bits per heavy atom. The van der Waals surface area contributed by atoms with E-state index in [-0.39, 0.29) is 29.8 Å². The summed E-state index contributed by atoms with van der Waals surface area (Å²) in [5, 5.41) is 24.5. The zero-order valence-electron chi connectivity index (χ0n) is 27.8. The number of nitrogens with one attached hydrogen (secondary N) is 2. The highest BCUT2D eigenvalue weighted by molar-refractivity contribution is 6.01. The Morgan fingerprint density at radius 1 is 0.840 bits per heavy atom. The first kappa shape index (κ1) is 31.9. The van der Waals surface area contributed by atoms with E-state index in [0.29, 0.717) is 41.0 Å².